The molecule has 8 heteroatoms. The number of carbonyl (C=O) groups is 2. The molecule has 2 aromatic carbocycles. The Morgan fingerprint density at radius 2 is 1.81 bits per heavy atom. The number of rotatable bonds is 4. The lowest BCUT2D eigenvalue weighted by Crippen LogP contribution is -2.19. The fourth-order valence-electron chi connectivity index (χ4n) is 3.31. The number of anilines is 1. The molecule has 31 heavy (non-hydrogen) atoms. The zero-order chi connectivity index (χ0) is 22.0. The van der Waals surface area contributed by atoms with Crippen molar-refractivity contribution < 1.29 is 14.3 Å². The lowest BCUT2D eigenvalue weighted by molar-refractivity contribution is 0.0597. The van der Waals surface area contributed by atoms with Crippen LogP contribution in [0.25, 0.3) is 16.7 Å². The van der Waals surface area contributed by atoms with E-state index >= 15 is 0 Å². The molecule has 4 rings (SSSR count). The number of amides is 1. The van der Waals surface area contributed by atoms with Crippen molar-refractivity contribution in [1.29, 1.82) is 5.26 Å². The van der Waals surface area contributed by atoms with Crippen molar-refractivity contribution in [2.75, 3.05) is 12.4 Å². The molecule has 0 saturated heterocycles. The van der Waals surface area contributed by atoms with Crippen LogP contribution in [-0.2, 0) is 4.74 Å². The number of nitriles is 1. The number of para-hydroxylation sites is 1. The van der Waals surface area contributed by atoms with Crippen LogP contribution in [0.3, 0.4) is 0 Å². The van der Waals surface area contributed by atoms with Gasteiger partial charge in [-0.2, -0.15) is 15.0 Å². The lowest BCUT2D eigenvalue weighted by Gasteiger charge is -2.12. The van der Waals surface area contributed by atoms with Gasteiger partial charge in [-0.15, -0.1) is 0 Å². The number of benzene rings is 2. The number of nitrogens with one attached hydrogen (secondary N) is 1. The molecule has 0 saturated carbocycles. The molecule has 0 atom stereocenters. The Morgan fingerprint density at radius 1 is 1.10 bits per heavy atom. The van der Waals surface area contributed by atoms with E-state index in [1.165, 1.54) is 30.1 Å². The minimum absolute atomic E-state index is 0.117. The number of aryl methyl sites for hydroxylation is 1. The highest BCUT2D eigenvalue weighted by molar-refractivity contribution is 6.11. The van der Waals surface area contributed by atoms with Crippen molar-refractivity contribution >= 4 is 28.6 Å². The molecule has 0 radical (unpaired) electrons. The maximum absolute atomic E-state index is 13.0. The van der Waals surface area contributed by atoms with E-state index in [2.05, 4.69) is 15.4 Å². The molecule has 0 fully saturated rings. The third-order valence-electron chi connectivity index (χ3n) is 4.83. The molecule has 0 aliphatic rings. The van der Waals surface area contributed by atoms with E-state index in [9.17, 15) is 14.9 Å². The molecule has 2 heterocycles. The number of esters is 1. The van der Waals surface area contributed by atoms with Gasteiger partial charge in [0.05, 0.1) is 30.0 Å². The molecule has 1 N–H and O–H groups in total. The Bertz CT molecular complexity index is 1370. The van der Waals surface area contributed by atoms with Crippen LogP contribution in [0.4, 0.5) is 5.82 Å². The zero-order valence-corrected chi connectivity index (χ0v) is 16.8. The first-order chi connectivity index (χ1) is 15.0. The van der Waals surface area contributed by atoms with Gasteiger partial charge in [0.15, 0.2) is 11.6 Å². The second kappa shape index (κ2) is 8.08. The van der Waals surface area contributed by atoms with E-state index < -0.39 is 11.9 Å². The Morgan fingerprint density at radius 3 is 2.55 bits per heavy atom. The first-order valence-corrected chi connectivity index (χ1v) is 9.37. The van der Waals surface area contributed by atoms with Crippen LogP contribution >= 0.6 is 0 Å². The summed E-state index contributed by atoms with van der Waals surface area (Å²) in [6.45, 7) is 1.95. The van der Waals surface area contributed by atoms with Crippen molar-refractivity contribution in [1.82, 2.24) is 14.8 Å². The zero-order valence-electron chi connectivity index (χ0n) is 16.8. The van der Waals surface area contributed by atoms with Gasteiger partial charge >= 0.3 is 5.97 Å². The molecule has 0 bridgehead atoms. The molecule has 0 aliphatic carbocycles. The smallest absolute Gasteiger partial charge is 0.338 e. The molecule has 152 valence electrons. The van der Waals surface area contributed by atoms with Crippen LogP contribution in [-0.4, -0.2) is 33.8 Å². The summed E-state index contributed by atoms with van der Waals surface area (Å²) >= 11 is 0. The largest absolute Gasteiger partial charge is 0.465 e. The van der Waals surface area contributed by atoms with Crippen LogP contribution < -0.4 is 5.32 Å². The summed E-state index contributed by atoms with van der Waals surface area (Å²) in [5.74, 6) is -0.591. The summed E-state index contributed by atoms with van der Waals surface area (Å²) in [6.07, 6.45) is 1.36. The maximum Gasteiger partial charge on any atom is 0.338 e. The first-order valence-electron chi connectivity index (χ1n) is 9.37. The van der Waals surface area contributed by atoms with Crippen LogP contribution in [0.5, 0.6) is 0 Å². The number of pyridine rings is 1. The van der Waals surface area contributed by atoms with Crippen LogP contribution in [0, 0.1) is 18.3 Å². The number of hydrogen-bond acceptors (Lipinski definition) is 6. The van der Waals surface area contributed by atoms with Crippen molar-refractivity contribution in [2.45, 2.75) is 6.92 Å². The van der Waals surface area contributed by atoms with Gasteiger partial charge in [0.1, 0.15) is 11.6 Å². The van der Waals surface area contributed by atoms with E-state index in [4.69, 9.17) is 4.74 Å². The molecular weight excluding hydrogens is 394 g/mol. The van der Waals surface area contributed by atoms with Gasteiger partial charge < -0.3 is 10.1 Å². The fraction of sp³-hybridized carbons (Fsp3) is 0.0870. The topological polar surface area (TPSA) is 110 Å². The minimum Gasteiger partial charge on any atom is -0.465 e. The van der Waals surface area contributed by atoms with Gasteiger partial charge in [-0.05, 0) is 36.8 Å². The molecular formula is C23H17N5O3. The lowest BCUT2D eigenvalue weighted by atomic mass is 10.1. The second-order valence-corrected chi connectivity index (χ2v) is 6.74. The van der Waals surface area contributed by atoms with Crippen molar-refractivity contribution in [3.63, 3.8) is 0 Å². The molecule has 0 spiro atoms. The predicted octanol–water partition coefficient (Wildman–Crippen LogP) is 3.64. The van der Waals surface area contributed by atoms with Gasteiger partial charge in [-0.1, -0.05) is 30.3 Å². The third kappa shape index (κ3) is 3.60. The summed E-state index contributed by atoms with van der Waals surface area (Å²) in [5, 5.41) is 17.5. The highest BCUT2D eigenvalue weighted by Gasteiger charge is 2.21. The molecule has 2 aromatic heterocycles. The number of methoxy groups -OCH3 is 1. The van der Waals surface area contributed by atoms with Gasteiger partial charge in [-0.3, -0.25) is 4.79 Å². The quantitative estimate of drug-likeness (QED) is 0.514. The van der Waals surface area contributed by atoms with E-state index in [1.54, 1.807) is 12.1 Å². The van der Waals surface area contributed by atoms with Gasteiger partial charge in [0.25, 0.3) is 5.91 Å². The average Bonchev–Trinajstić information content (AvgIpc) is 3.21. The number of nitrogens with zero attached hydrogens (tertiary/aromatic N) is 4. The summed E-state index contributed by atoms with van der Waals surface area (Å²) in [5.41, 5.74) is 2.14. The minimum atomic E-state index is -0.633. The monoisotopic (exact) mass is 411 g/mol. The molecule has 0 unspecified atom stereocenters. The second-order valence-electron chi connectivity index (χ2n) is 6.74. The first kappa shape index (κ1) is 19.8. The average molecular weight is 411 g/mol. The molecule has 4 aromatic rings. The molecule has 0 aliphatic heterocycles. The van der Waals surface area contributed by atoms with E-state index in [0.29, 0.717) is 5.82 Å². The van der Waals surface area contributed by atoms with E-state index in [1.807, 2.05) is 43.3 Å². The summed E-state index contributed by atoms with van der Waals surface area (Å²) in [4.78, 5) is 29.6. The summed E-state index contributed by atoms with van der Waals surface area (Å²) in [7, 11) is 1.24. The van der Waals surface area contributed by atoms with E-state index in [-0.39, 0.29) is 22.5 Å². The predicted molar refractivity (Wildman–Crippen MR) is 114 cm³/mol. The third-order valence-corrected chi connectivity index (χ3v) is 4.83. The summed E-state index contributed by atoms with van der Waals surface area (Å²) in [6, 6.07) is 17.8. The Labute approximate surface area is 177 Å². The highest BCUT2D eigenvalue weighted by Crippen LogP contribution is 2.24. The Kier molecular flexibility index (Phi) is 5.16. The normalized spacial score (nSPS) is 10.5. The van der Waals surface area contributed by atoms with Crippen LogP contribution in [0.2, 0.25) is 0 Å². The van der Waals surface area contributed by atoms with Crippen molar-refractivity contribution in [2.24, 2.45) is 0 Å². The Hall–Kier alpha value is -4.51. The standard InChI is InChI=1S/C23H17N5O3/c1-14-11-20(26-19-10-6-5-7-16(14)19)28-21(15(12-24)13-25-28)27-22(29)17-8-3-4-9-18(17)23(30)31-2/h3-11,13H,1-2H3,(H,27,29). The number of aromatic nitrogens is 3. The fourth-order valence-corrected chi connectivity index (χ4v) is 3.31. The maximum atomic E-state index is 13.0. The van der Waals surface area contributed by atoms with Crippen molar-refractivity contribution in [3.05, 3.63) is 83.0 Å². The number of hydrogen-bond donors (Lipinski definition) is 1. The molecule has 1 amide bonds. The molecule has 8 nitrogen and oxygen atoms in total. The van der Waals surface area contributed by atoms with E-state index in [0.717, 1.165) is 16.5 Å². The van der Waals surface area contributed by atoms with Crippen LogP contribution in [0.15, 0.2) is 60.8 Å². The Balaban J connectivity index is 1.78. The SMILES string of the molecule is COC(=O)c1ccccc1C(=O)Nc1c(C#N)cnn1-c1cc(C)c2ccccc2n1. The summed E-state index contributed by atoms with van der Waals surface area (Å²) < 4.78 is 6.15. The number of fused-ring (bicyclic) bond motifs is 1. The number of ether oxygens (including phenoxy) is 1. The number of carbonyl (C=O) groups excluding carboxylic acids is 2. The van der Waals surface area contributed by atoms with Crippen molar-refractivity contribution in [3.8, 4) is 11.9 Å². The van der Waals surface area contributed by atoms with Crippen LogP contribution in [0.1, 0.15) is 31.8 Å². The highest BCUT2D eigenvalue weighted by atomic mass is 16.5. The van der Waals surface area contributed by atoms with Gasteiger partial charge in [-0.25, -0.2) is 9.78 Å². The van der Waals surface area contributed by atoms with Gasteiger partial charge in [0, 0.05) is 5.39 Å². The van der Waals surface area contributed by atoms with Gasteiger partial charge in [0.2, 0.25) is 0 Å².